The molecule has 0 unspecified atom stereocenters. The molecule has 0 radical (unpaired) electrons. The van der Waals surface area contributed by atoms with Crippen molar-refractivity contribution in [2.75, 3.05) is 6.61 Å². The van der Waals surface area contributed by atoms with E-state index in [1.807, 2.05) is 0 Å². The molecule has 0 aliphatic heterocycles. The van der Waals surface area contributed by atoms with Crippen LogP contribution in [0.25, 0.3) is 0 Å². The molecule has 0 aromatic rings. The molecule has 4 heteroatoms. The summed E-state index contributed by atoms with van der Waals surface area (Å²) >= 11 is 0. The molecule has 0 atom stereocenters. The zero-order valence-corrected chi connectivity index (χ0v) is 6.65. The molecule has 0 fully saturated rings. The smallest absolute Gasteiger partial charge is 0.0809 e. The van der Waals surface area contributed by atoms with Gasteiger partial charge in [0.1, 0.15) is 0 Å². The van der Waals surface area contributed by atoms with Gasteiger partial charge in [-0.3, -0.25) is 0 Å². The monoisotopic (exact) mass is 208 g/mol. The lowest BCUT2D eigenvalue weighted by molar-refractivity contribution is -0.361. The van der Waals surface area contributed by atoms with Gasteiger partial charge < -0.3 is 41.4 Å². The van der Waals surface area contributed by atoms with Crippen molar-refractivity contribution in [1.29, 1.82) is 0 Å². The highest BCUT2D eigenvalue weighted by Gasteiger charge is 1.16. The summed E-state index contributed by atoms with van der Waals surface area (Å²) in [6.45, 7) is 1.57. The molecule has 44 valence electrons. The Hall–Kier alpha value is 0.610. The maximum absolute atomic E-state index is 8.93. The third-order valence-electron chi connectivity index (χ3n) is 0. The average Bonchev–Trinajstić information content (AvgIpc) is 0.918. The molecule has 0 aliphatic carbocycles. The van der Waals surface area contributed by atoms with E-state index in [9.17, 15) is 0 Å². The summed E-state index contributed by atoms with van der Waals surface area (Å²) in [5, 5.41) is 8.93. The van der Waals surface area contributed by atoms with Crippen LogP contribution in [0, 0.1) is 0 Å². The van der Waals surface area contributed by atoms with Crippen LogP contribution in [0.15, 0.2) is 0 Å². The summed E-state index contributed by atoms with van der Waals surface area (Å²) < 4.78 is 0. The Labute approximate surface area is 55.3 Å². The molecule has 0 heterocycles. The van der Waals surface area contributed by atoms with Crippen molar-refractivity contribution in [3.05, 3.63) is 0 Å². The van der Waals surface area contributed by atoms with E-state index < -0.39 is 0 Å². The number of rotatable bonds is 0. The second-order valence-corrected chi connectivity index (χ2v) is 0.289. The van der Waals surface area contributed by atoms with E-state index >= 15 is 0 Å². The van der Waals surface area contributed by atoms with Gasteiger partial charge in [-0.25, -0.2) is 0 Å². The lowest BCUT2D eigenvalue weighted by atomic mass is 10.9. The molecule has 0 aliphatic rings. The zero-order chi connectivity index (χ0) is 2.71. The Bertz CT molecular complexity index is 11.5. The highest BCUT2D eigenvalue weighted by atomic mass is 127. The van der Waals surface area contributed by atoms with Crippen molar-refractivity contribution >= 4 is 0 Å². The minimum Gasteiger partial charge on any atom is -1.00 e. The molecule has 0 spiro atoms. The summed E-state index contributed by atoms with van der Waals surface area (Å²) in [4.78, 5) is 0. The summed E-state index contributed by atoms with van der Waals surface area (Å²) in [5.41, 5.74) is 0. The van der Waals surface area contributed by atoms with Crippen molar-refractivity contribution in [1.82, 2.24) is 12.3 Å². The first-order valence-corrected chi connectivity index (χ1v) is 0.996. The average molecular weight is 208 g/mol. The third kappa shape index (κ3) is 161. The zero-order valence-electron chi connectivity index (χ0n) is 4.49. The van der Waals surface area contributed by atoms with Crippen molar-refractivity contribution < 1.29 is 29.1 Å². The van der Waals surface area contributed by atoms with E-state index in [0.717, 1.165) is 0 Å². The molecule has 8 N–H and O–H groups in total. The molecule has 3 nitrogen and oxygen atoms in total. The number of hydrogen-bond acceptors (Lipinski definition) is 1. The van der Waals surface area contributed by atoms with Crippen LogP contribution in [0.1, 0.15) is 6.92 Å². The maximum atomic E-state index is 8.93. The van der Waals surface area contributed by atoms with Gasteiger partial charge in [-0.1, -0.05) is 6.92 Å². The quantitative estimate of drug-likeness (QED) is 0.411. The molecular formula is C2H13IN2O. The van der Waals surface area contributed by atoms with Crippen LogP contribution in [-0.2, 0) is 0 Å². The van der Waals surface area contributed by atoms with Crippen LogP contribution in [-0.4, -0.2) is 6.61 Å². The van der Waals surface area contributed by atoms with Gasteiger partial charge in [0.25, 0.3) is 0 Å². The maximum Gasteiger partial charge on any atom is -0.0809 e. The van der Waals surface area contributed by atoms with E-state index in [2.05, 4.69) is 0 Å². The molecule has 6 heavy (non-hydrogen) atoms. The lowest BCUT2D eigenvalue weighted by Crippen LogP contribution is -3.00. The molecule has 0 aromatic heterocycles. The van der Waals surface area contributed by atoms with Crippen molar-refractivity contribution in [2.24, 2.45) is 0 Å². The normalized spacial score (nSPS) is 3.00. The van der Waals surface area contributed by atoms with Gasteiger partial charge in [0, 0.05) is 0 Å². The van der Waals surface area contributed by atoms with Crippen LogP contribution in [0.2, 0.25) is 0 Å². The third-order valence-corrected chi connectivity index (χ3v) is 0. The van der Waals surface area contributed by atoms with Crippen LogP contribution in [0.5, 0.6) is 0 Å². The number of quaternary nitrogens is 2. The number of halogens is 1. The lowest BCUT2D eigenvalue weighted by Gasteiger charge is -1.79. The van der Waals surface area contributed by atoms with Crippen molar-refractivity contribution in [3.63, 3.8) is 0 Å². The Morgan fingerprint density at radius 2 is 1.33 bits per heavy atom. The van der Waals surface area contributed by atoms with Gasteiger partial charge in [-0.15, -0.1) is 6.61 Å². The van der Waals surface area contributed by atoms with Gasteiger partial charge in [0.15, 0.2) is 0 Å². The standard InChI is InChI=1S/C2H5O.HI.2H3N/c1-2-3;;;/h2H2,1H3;1H;2*1H3/q-1;;;/p+1. The first-order chi connectivity index (χ1) is 1.41. The van der Waals surface area contributed by atoms with Gasteiger partial charge in [-0.05, 0) is 0 Å². The predicted molar refractivity (Wildman–Crippen MR) is 22.5 cm³/mol. The Balaban J connectivity index is -0.00000000667. The fourth-order valence-electron chi connectivity index (χ4n) is 0. The van der Waals surface area contributed by atoms with Crippen LogP contribution in [0.3, 0.4) is 0 Å². The van der Waals surface area contributed by atoms with Gasteiger partial charge in [0.2, 0.25) is 0 Å². The highest BCUT2D eigenvalue weighted by molar-refractivity contribution is 3.79. The Morgan fingerprint density at radius 3 is 1.33 bits per heavy atom. The second kappa shape index (κ2) is 46.0. The van der Waals surface area contributed by atoms with Crippen LogP contribution in [0.4, 0.5) is 0 Å². The van der Waals surface area contributed by atoms with E-state index in [4.69, 9.17) is 5.11 Å². The Kier molecular flexibility index (Phi) is 234. The predicted octanol–water partition coefficient (Wildman–Crippen LogP) is -2.88. The Morgan fingerprint density at radius 1 is 1.33 bits per heavy atom. The molecule has 0 aromatic carbocycles. The SMILES string of the molecule is CC[O-].[I-].[NH4+].[NH4+]. The molecule has 0 saturated carbocycles. The van der Waals surface area contributed by atoms with Crippen molar-refractivity contribution in [2.45, 2.75) is 6.92 Å². The summed E-state index contributed by atoms with van der Waals surface area (Å²) in [7, 11) is 0. The summed E-state index contributed by atoms with van der Waals surface area (Å²) in [6.07, 6.45) is 0. The molecular weight excluding hydrogens is 195 g/mol. The van der Waals surface area contributed by atoms with Crippen LogP contribution >= 0.6 is 0 Å². The van der Waals surface area contributed by atoms with Crippen molar-refractivity contribution in [3.8, 4) is 0 Å². The minimum atomic E-state index is 0. The highest BCUT2D eigenvalue weighted by Crippen LogP contribution is 1.18. The summed E-state index contributed by atoms with van der Waals surface area (Å²) in [6, 6.07) is 0. The molecule has 0 bridgehead atoms. The minimum absolute atomic E-state index is 0. The van der Waals surface area contributed by atoms with E-state index in [-0.39, 0.29) is 42.9 Å². The van der Waals surface area contributed by atoms with E-state index in [1.54, 1.807) is 6.92 Å². The fraction of sp³-hybridized carbons (Fsp3) is 1.00. The topological polar surface area (TPSA) is 96.1 Å². The molecule has 0 rings (SSSR count). The van der Waals surface area contributed by atoms with Gasteiger partial charge >= 0.3 is 0 Å². The fourth-order valence-corrected chi connectivity index (χ4v) is 0. The van der Waals surface area contributed by atoms with Gasteiger partial charge in [0.05, 0.1) is 0 Å². The second-order valence-electron chi connectivity index (χ2n) is 0.289. The first-order valence-electron chi connectivity index (χ1n) is 0.996. The molecule has 0 amide bonds. The summed E-state index contributed by atoms with van der Waals surface area (Å²) in [5.74, 6) is 0. The van der Waals surface area contributed by atoms with E-state index in [0.29, 0.717) is 0 Å². The largest absolute Gasteiger partial charge is 1.00 e. The first kappa shape index (κ1) is 30.5. The number of hydrogen-bond donors (Lipinski definition) is 2. The molecule has 0 saturated heterocycles. The van der Waals surface area contributed by atoms with E-state index in [1.165, 1.54) is 0 Å². The van der Waals surface area contributed by atoms with Crippen LogP contribution < -0.4 is 41.4 Å². The van der Waals surface area contributed by atoms with Gasteiger partial charge in [-0.2, -0.15) is 0 Å².